The Morgan fingerprint density at radius 3 is 2.52 bits per heavy atom. The number of carboxylic acid groups (broad SMARTS) is 1. The molecule has 0 saturated heterocycles. The average molecular weight is 347 g/mol. The molecule has 23 heavy (non-hydrogen) atoms. The Morgan fingerprint density at radius 1 is 1.35 bits per heavy atom. The minimum atomic E-state index is -4.60. The average Bonchev–Trinajstić information content (AvgIpc) is 2.46. The van der Waals surface area contributed by atoms with Crippen molar-refractivity contribution < 1.29 is 23.1 Å². The molecule has 0 aliphatic heterocycles. The van der Waals surface area contributed by atoms with Crippen LogP contribution in [0.2, 0.25) is 5.02 Å². The molecule has 0 aliphatic carbocycles. The Hall–Kier alpha value is -2.35. The number of carboxylic acids is 1. The minimum Gasteiger partial charge on any atom is -0.476 e. The van der Waals surface area contributed by atoms with Gasteiger partial charge in [-0.1, -0.05) is 18.5 Å². The lowest BCUT2D eigenvalue weighted by Gasteiger charge is -2.15. The van der Waals surface area contributed by atoms with Crippen LogP contribution in [0.25, 0.3) is 5.69 Å². The number of halogens is 4. The fourth-order valence-corrected chi connectivity index (χ4v) is 2.15. The zero-order valence-corrected chi connectivity index (χ0v) is 12.4. The zero-order chi connectivity index (χ0) is 17.4. The van der Waals surface area contributed by atoms with E-state index in [0.29, 0.717) is 0 Å². The highest BCUT2D eigenvalue weighted by atomic mass is 35.5. The second kappa shape index (κ2) is 6.04. The van der Waals surface area contributed by atoms with Crippen LogP contribution in [0.1, 0.15) is 28.7 Å². The fourth-order valence-electron chi connectivity index (χ4n) is 1.95. The highest BCUT2D eigenvalue weighted by Gasteiger charge is 2.31. The molecule has 0 unspecified atom stereocenters. The SMILES string of the molecule is CCc1cc(=O)c(C(=O)O)nn1-c1cc(C(F)(F)F)ccc1Cl. The molecule has 2 rings (SSSR count). The smallest absolute Gasteiger partial charge is 0.416 e. The summed E-state index contributed by atoms with van der Waals surface area (Å²) in [5, 5.41) is 12.6. The number of benzene rings is 1. The monoisotopic (exact) mass is 346 g/mol. The van der Waals surface area contributed by atoms with Gasteiger partial charge in [0.2, 0.25) is 11.1 Å². The van der Waals surface area contributed by atoms with Crippen molar-refractivity contribution in [2.24, 2.45) is 0 Å². The fraction of sp³-hybridized carbons (Fsp3) is 0.214. The van der Waals surface area contributed by atoms with E-state index >= 15 is 0 Å². The van der Waals surface area contributed by atoms with E-state index in [1.165, 1.54) is 0 Å². The van der Waals surface area contributed by atoms with E-state index in [1.807, 2.05) is 0 Å². The molecule has 1 N–H and O–H groups in total. The third kappa shape index (κ3) is 3.37. The molecule has 0 bridgehead atoms. The highest BCUT2D eigenvalue weighted by Crippen LogP contribution is 2.33. The lowest BCUT2D eigenvalue weighted by Crippen LogP contribution is -2.23. The summed E-state index contributed by atoms with van der Waals surface area (Å²) in [6.45, 7) is 1.65. The van der Waals surface area contributed by atoms with Gasteiger partial charge < -0.3 is 5.11 Å². The summed E-state index contributed by atoms with van der Waals surface area (Å²) >= 11 is 5.93. The van der Waals surface area contributed by atoms with Gasteiger partial charge in [-0.15, -0.1) is 0 Å². The van der Waals surface area contributed by atoms with Crippen LogP contribution < -0.4 is 5.43 Å². The van der Waals surface area contributed by atoms with Crippen LogP contribution in [-0.4, -0.2) is 20.9 Å². The van der Waals surface area contributed by atoms with Crippen molar-refractivity contribution in [1.82, 2.24) is 9.78 Å². The summed E-state index contributed by atoms with van der Waals surface area (Å²) in [5.41, 5.74) is -2.50. The summed E-state index contributed by atoms with van der Waals surface area (Å²) < 4.78 is 39.5. The van der Waals surface area contributed by atoms with Gasteiger partial charge in [-0.3, -0.25) is 4.79 Å². The first kappa shape index (κ1) is 17.0. The maximum absolute atomic E-state index is 12.9. The lowest BCUT2D eigenvalue weighted by molar-refractivity contribution is -0.137. The third-order valence-electron chi connectivity index (χ3n) is 3.07. The van der Waals surface area contributed by atoms with Crippen molar-refractivity contribution in [3.63, 3.8) is 0 Å². The van der Waals surface area contributed by atoms with Crippen LogP contribution in [0.4, 0.5) is 13.2 Å². The Morgan fingerprint density at radius 2 is 2.00 bits per heavy atom. The largest absolute Gasteiger partial charge is 0.476 e. The Labute approximate surface area is 132 Å². The zero-order valence-electron chi connectivity index (χ0n) is 11.7. The normalized spacial score (nSPS) is 11.5. The number of alkyl halides is 3. The van der Waals surface area contributed by atoms with E-state index in [4.69, 9.17) is 16.7 Å². The number of aromatic nitrogens is 2. The van der Waals surface area contributed by atoms with E-state index in [-0.39, 0.29) is 22.8 Å². The first-order valence-corrected chi connectivity index (χ1v) is 6.76. The van der Waals surface area contributed by atoms with Gasteiger partial charge in [0.1, 0.15) is 0 Å². The Kier molecular flexibility index (Phi) is 4.46. The summed E-state index contributed by atoms with van der Waals surface area (Å²) in [4.78, 5) is 22.7. The van der Waals surface area contributed by atoms with Gasteiger partial charge in [0.25, 0.3) is 0 Å². The van der Waals surface area contributed by atoms with Gasteiger partial charge >= 0.3 is 12.1 Å². The maximum atomic E-state index is 12.9. The number of hydrogen-bond acceptors (Lipinski definition) is 3. The molecule has 122 valence electrons. The van der Waals surface area contributed by atoms with E-state index in [9.17, 15) is 22.8 Å². The summed E-state index contributed by atoms with van der Waals surface area (Å²) in [7, 11) is 0. The van der Waals surface area contributed by atoms with Gasteiger partial charge in [0, 0.05) is 11.8 Å². The van der Waals surface area contributed by atoms with Crippen LogP contribution in [0.5, 0.6) is 0 Å². The lowest BCUT2D eigenvalue weighted by atomic mass is 10.1. The third-order valence-corrected chi connectivity index (χ3v) is 3.39. The number of hydrogen-bond donors (Lipinski definition) is 1. The van der Waals surface area contributed by atoms with Gasteiger partial charge in [-0.2, -0.15) is 18.3 Å². The van der Waals surface area contributed by atoms with E-state index in [0.717, 1.165) is 28.9 Å². The predicted octanol–water partition coefficient (Wildman–Crippen LogP) is 3.17. The second-order valence-corrected chi connectivity index (χ2v) is 4.99. The molecule has 1 heterocycles. The maximum Gasteiger partial charge on any atom is 0.416 e. The van der Waals surface area contributed by atoms with Crippen LogP contribution in [0, 0.1) is 0 Å². The number of nitrogens with zero attached hydrogens (tertiary/aromatic N) is 2. The molecular weight excluding hydrogens is 337 g/mol. The van der Waals surface area contributed by atoms with Crippen molar-refractivity contribution in [2.75, 3.05) is 0 Å². The van der Waals surface area contributed by atoms with Gasteiger partial charge in [-0.25, -0.2) is 9.48 Å². The quantitative estimate of drug-likeness (QED) is 0.926. The summed E-state index contributed by atoms with van der Waals surface area (Å²) in [6, 6.07) is 3.62. The van der Waals surface area contributed by atoms with Crippen molar-refractivity contribution in [3.05, 3.63) is 56.5 Å². The van der Waals surface area contributed by atoms with Crippen LogP contribution in [0.3, 0.4) is 0 Å². The molecule has 5 nitrogen and oxygen atoms in total. The van der Waals surface area contributed by atoms with Crippen LogP contribution >= 0.6 is 11.6 Å². The molecule has 1 aromatic heterocycles. The van der Waals surface area contributed by atoms with Gasteiger partial charge in [-0.05, 0) is 24.6 Å². The molecule has 0 atom stereocenters. The van der Waals surface area contributed by atoms with E-state index in [1.54, 1.807) is 6.92 Å². The van der Waals surface area contributed by atoms with Crippen molar-refractivity contribution in [3.8, 4) is 5.69 Å². The van der Waals surface area contributed by atoms with E-state index in [2.05, 4.69) is 5.10 Å². The van der Waals surface area contributed by atoms with Crippen LogP contribution in [-0.2, 0) is 12.6 Å². The topological polar surface area (TPSA) is 72.2 Å². The molecular formula is C14H10ClF3N2O3. The number of aromatic carboxylic acids is 1. The minimum absolute atomic E-state index is 0.0554. The molecule has 0 aliphatic rings. The summed E-state index contributed by atoms with van der Waals surface area (Å²) in [6.07, 6.45) is -4.35. The van der Waals surface area contributed by atoms with Crippen molar-refractivity contribution >= 4 is 17.6 Å². The highest BCUT2D eigenvalue weighted by molar-refractivity contribution is 6.32. The Balaban J connectivity index is 2.77. The molecule has 0 fully saturated rings. The number of rotatable bonds is 3. The summed E-state index contributed by atoms with van der Waals surface area (Å²) in [5.74, 6) is -1.57. The molecule has 0 amide bonds. The molecule has 1 aromatic carbocycles. The number of aryl methyl sites for hydroxylation is 1. The molecule has 0 saturated carbocycles. The first-order valence-electron chi connectivity index (χ1n) is 6.38. The van der Waals surface area contributed by atoms with Gasteiger partial charge in [0.15, 0.2) is 0 Å². The predicted molar refractivity (Wildman–Crippen MR) is 76.2 cm³/mol. The number of carbonyl (C=O) groups is 1. The van der Waals surface area contributed by atoms with Crippen LogP contribution in [0.15, 0.2) is 29.1 Å². The van der Waals surface area contributed by atoms with Crippen molar-refractivity contribution in [2.45, 2.75) is 19.5 Å². The standard InChI is InChI=1S/C14H10ClF3N2O3/c1-2-8-6-11(21)12(13(22)23)19-20(8)10-5-7(14(16,17)18)3-4-9(10)15/h3-6H,2H2,1H3,(H,22,23). The first-order chi connectivity index (χ1) is 10.6. The second-order valence-electron chi connectivity index (χ2n) is 4.58. The Bertz CT molecular complexity index is 831. The van der Waals surface area contributed by atoms with Crippen molar-refractivity contribution in [1.29, 1.82) is 0 Å². The molecule has 2 aromatic rings. The molecule has 9 heteroatoms. The van der Waals surface area contributed by atoms with E-state index < -0.39 is 28.8 Å². The molecule has 0 radical (unpaired) electrons. The molecule has 0 spiro atoms. The van der Waals surface area contributed by atoms with Gasteiger partial charge in [0.05, 0.1) is 16.3 Å².